The van der Waals surface area contributed by atoms with Crippen molar-refractivity contribution in [3.8, 4) is 0 Å². The lowest BCUT2D eigenvalue weighted by atomic mass is 9.48. The van der Waals surface area contributed by atoms with E-state index < -0.39 is 12.3 Å². The summed E-state index contributed by atoms with van der Waals surface area (Å²) < 4.78 is 15.5. The molecule has 0 aromatic carbocycles. The lowest BCUT2D eigenvalue weighted by molar-refractivity contribution is -0.110. The zero-order valence-corrected chi connectivity index (χ0v) is 17.9. The van der Waals surface area contributed by atoms with Gasteiger partial charge in [-0.2, -0.15) is 0 Å². The highest BCUT2D eigenvalue weighted by molar-refractivity contribution is 5.16. The van der Waals surface area contributed by atoms with Gasteiger partial charge in [0.25, 0.3) is 0 Å². The van der Waals surface area contributed by atoms with Gasteiger partial charge in [-0.05, 0) is 98.7 Å². The Morgan fingerprint density at radius 1 is 1.14 bits per heavy atom. The number of alkyl halides is 1. The molecule has 0 unspecified atom stereocenters. The summed E-state index contributed by atoms with van der Waals surface area (Å²) in [6, 6.07) is 0. The summed E-state index contributed by atoms with van der Waals surface area (Å²) in [5.41, 5.74) is 0.742. The molecular weight excluding hydrogens is 363 g/mol. The van der Waals surface area contributed by atoms with Crippen LogP contribution in [0.5, 0.6) is 0 Å². The van der Waals surface area contributed by atoms with Crippen molar-refractivity contribution >= 4 is 0 Å². The predicted octanol–water partition coefficient (Wildman–Crippen LogP) is 5.41. The number of fused-ring (bicyclic) bond motifs is 5. The van der Waals surface area contributed by atoms with E-state index in [0.29, 0.717) is 30.1 Å². The molecule has 1 aromatic heterocycles. The Morgan fingerprint density at radius 2 is 1.97 bits per heavy atom. The van der Waals surface area contributed by atoms with Gasteiger partial charge in [-0.15, -0.1) is 0 Å². The first-order chi connectivity index (χ1) is 13.9. The molecular formula is C25H37FN2O. The number of aliphatic hydroxyl groups is 1. The molecule has 1 aromatic rings. The molecule has 0 spiro atoms. The monoisotopic (exact) mass is 400 g/mol. The molecule has 4 heteroatoms. The Hall–Kier alpha value is -1.16. The third-order valence-electron chi connectivity index (χ3n) is 9.79. The summed E-state index contributed by atoms with van der Waals surface area (Å²) >= 11 is 0. The van der Waals surface area contributed by atoms with Crippen LogP contribution in [0.15, 0.2) is 30.9 Å². The highest BCUT2D eigenvalue weighted by Gasteiger charge is 2.58. The Labute approximate surface area is 174 Å². The van der Waals surface area contributed by atoms with Crippen molar-refractivity contribution in [1.29, 1.82) is 0 Å². The Morgan fingerprint density at radius 3 is 2.72 bits per heavy atom. The van der Waals surface area contributed by atoms with Crippen LogP contribution in [0, 0.1) is 40.9 Å². The topological polar surface area (TPSA) is 38.0 Å². The van der Waals surface area contributed by atoms with Crippen LogP contribution in [-0.2, 0) is 6.54 Å². The number of hydrogen-bond donors (Lipinski definition) is 1. The second-order valence-corrected chi connectivity index (χ2v) is 11.1. The molecule has 4 aliphatic carbocycles. The predicted molar refractivity (Wildman–Crippen MR) is 113 cm³/mol. The van der Waals surface area contributed by atoms with E-state index in [1.165, 1.54) is 44.1 Å². The van der Waals surface area contributed by atoms with E-state index in [1.807, 2.05) is 18.7 Å². The van der Waals surface area contributed by atoms with Crippen molar-refractivity contribution in [2.45, 2.75) is 76.9 Å². The van der Waals surface area contributed by atoms with Crippen molar-refractivity contribution in [3.05, 3.63) is 30.9 Å². The first-order valence-electron chi connectivity index (χ1n) is 11.9. The van der Waals surface area contributed by atoms with E-state index in [4.69, 9.17) is 0 Å². The third kappa shape index (κ3) is 3.21. The van der Waals surface area contributed by atoms with Gasteiger partial charge in [0.05, 0.1) is 11.9 Å². The SMILES string of the molecule is C=C(Cn1ccnc1)[C@H]1CC[C@H]2[C@@H]3CC[C@@H]4C[C@](O)(CF)CC[C@@H]4[C@H]3CC[C@]12C. The number of imidazole rings is 1. The number of nitrogens with zero attached hydrogens (tertiary/aromatic N) is 2. The van der Waals surface area contributed by atoms with Crippen LogP contribution in [0.2, 0.25) is 0 Å². The minimum absolute atomic E-state index is 0.389. The zero-order valence-electron chi connectivity index (χ0n) is 17.9. The second kappa shape index (κ2) is 7.21. The molecule has 0 amide bonds. The first-order valence-corrected chi connectivity index (χ1v) is 11.9. The number of hydrogen-bond acceptors (Lipinski definition) is 2. The maximum absolute atomic E-state index is 13.4. The number of rotatable bonds is 4. The Bertz CT molecular complexity index is 748. The molecule has 4 saturated carbocycles. The van der Waals surface area contributed by atoms with E-state index in [-0.39, 0.29) is 0 Å². The minimum atomic E-state index is -1.03. The third-order valence-corrected chi connectivity index (χ3v) is 9.79. The van der Waals surface area contributed by atoms with E-state index in [9.17, 15) is 9.50 Å². The molecule has 160 valence electrons. The molecule has 4 aliphatic rings. The molecule has 5 rings (SSSR count). The molecule has 0 bridgehead atoms. The van der Waals surface area contributed by atoms with Crippen LogP contribution < -0.4 is 0 Å². The fourth-order valence-corrected chi connectivity index (χ4v) is 8.48. The maximum atomic E-state index is 13.4. The smallest absolute Gasteiger partial charge is 0.118 e. The number of aromatic nitrogens is 2. The van der Waals surface area contributed by atoms with Crippen molar-refractivity contribution in [1.82, 2.24) is 9.55 Å². The van der Waals surface area contributed by atoms with Gasteiger partial charge < -0.3 is 9.67 Å². The van der Waals surface area contributed by atoms with Crippen LogP contribution in [0.4, 0.5) is 4.39 Å². The first kappa shape index (κ1) is 19.8. The summed E-state index contributed by atoms with van der Waals surface area (Å²) in [7, 11) is 0. The van der Waals surface area contributed by atoms with Gasteiger partial charge in [0.15, 0.2) is 0 Å². The zero-order chi connectivity index (χ0) is 20.2. The van der Waals surface area contributed by atoms with Crippen molar-refractivity contribution in [2.24, 2.45) is 40.9 Å². The van der Waals surface area contributed by atoms with Gasteiger partial charge in [-0.25, -0.2) is 9.37 Å². The molecule has 3 nitrogen and oxygen atoms in total. The number of allylic oxidation sites excluding steroid dienone is 1. The minimum Gasteiger partial charge on any atom is -0.387 e. The molecule has 29 heavy (non-hydrogen) atoms. The van der Waals surface area contributed by atoms with Gasteiger partial charge >= 0.3 is 0 Å². The van der Waals surface area contributed by atoms with Crippen LogP contribution in [0.1, 0.15) is 64.7 Å². The van der Waals surface area contributed by atoms with Crippen LogP contribution in [-0.4, -0.2) is 26.9 Å². The Kier molecular flexibility index (Phi) is 4.92. The number of halogens is 1. The quantitative estimate of drug-likeness (QED) is 0.686. The molecule has 0 radical (unpaired) electrons. The van der Waals surface area contributed by atoms with Crippen LogP contribution >= 0.6 is 0 Å². The average molecular weight is 401 g/mol. The average Bonchev–Trinajstić information content (AvgIpc) is 3.34. The molecule has 0 aliphatic heterocycles. The fraction of sp³-hybridized carbons (Fsp3) is 0.800. The standard InChI is InChI=1S/C25H37FN2O/c1-17(14-28-12-11-27-16-28)22-5-6-23-21-4-3-18-13-25(29,15-26)10-8-19(18)20(21)7-9-24(22,23)2/h11-12,16,18-23,29H,1,3-10,13-15H2,2H3/t18-,19+,20-,21-,22-,23+,24-,25+/m1/s1. The largest absolute Gasteiger partial charge is 0.387 e. The van der Waals surface area contributed by atoms with Crippen LogP contribution in [0.25, 0.3) is 0 Å². The highest BCUT2D eigenvalue weighted by atomic mass is 19.1. The molecule has 0 saturated heterocycles. The van der Waals surface area contributed by atoms with E-state index in [2.05, 4.69) is 23.1 Å². The summed E-state index contributed by atoms with van der Waals surface area (Å²) in [6.07, 6.45) is 15.9. The molecule has 4 fully saturated rings. The summed E-state index contributed by atoms with van der Waals surface area (Å²) in [4.78, 5) is 4.19. The van der Waals surface area contributed by atoms with E-state index >= 15 is 0 Å². The van der Waals surface area contributed by atoms with Gasteiger partial charge in [-0.1, -0.05) is 19.1 Å². The lowest BCUT2D eigenvalue weighted by Crippen LogP contribution is -2.51. The highest BCUT2D eigenvalue weighted by Crippen LogP contribution is 2.65. The second-order valence-electron chi connectivity index (χ2n) is 11.1. The van der Waals surface area contributed by atoms with Crippen LogP contribution in [0.3, 0.4) is 0 Å². The normalized spacial score (nSPS) is 46.6. The van der Waals surface area contributed by atoms with Crippen molar-refractivity contribution in [3.63, 3.8) is 0 Å². The fourth-order valence-electron chi connectivity index (χ4n) is 8.48. The van der Waals surface area contributed by atoms with Crippen molar-refractivity contribution in [2.75, 3.05) is 6.67 Å². The van der Waals surface area contributed by atoms with Gasteiger partial charge in [0, 0.05) is 18.9 Å². The lowest BCUT2D eigenvalue weighted by Gasteiger charge is -2.57. The summed E-state index contributed by atoms with van der Waals surface area (Å²) in [5.74, 6) is 4.33. The van der Waals surface area contributed by atoms with E-state index in [0.717, 1.165) is 36.6 Å². The van der Waals surface area contributed by atoms with Gasteiger partial charge in [-0.3, -0.25) is 0 Å². The maximum Gasteiger partial charge on any atom is 0.118 e. The van der Waals surface area contributed by atoms with Crippen molar-refractivity contribution < 1.29 is 9.50 Å². The summed E-state index contributed by atoms with van der Waals surface area (Å²) in [6.45, 7) is 7.42. The summed E-state index contributed by atoms with van der Waals surface area (Å²) in [5, 5.41) is 10.5. The van der Waals surface area contributed by atoms with Gasteiger partial charge in [0.1, 0.15) is 6.67 Å². The molecule has 1 heterocycles. The molecule has 1 N–H and O–H groups in total. The van der Waals surface area contributed by atoms with Gasteiger partial charge in [0.2, 0.25) is 0 Å². The Balaban J connectivity index is 1.31. The van der Waals surface area contributed by atoms with E-state index in [1.54, 1.807) is 0 Å². The molecule has 8 atom stereocenters.